The zero-order valence-electron chi connectivity index (χ0n) is 8.93. The molecule has 4 nitrogen and oxygen atoms in total. The van der Waals surface area contributed by atoms with Crippen LogP contribution in [0.25, 0.3) is 0 Å². The number of hydrogen-bond acceptors (Lipinski definition) is 4. The molecule has 1 atom stereocenters. The highest BCUT2D eigenvalue weighted by Crippen LogP contribution is 2.27. The molecular formula is C11H8BrClN2O2S. The van der Waals surface area contributed by atoms with Crippen LogP contribution in [0, 0.1) is 0 Å². The molecule has 0 saturated carbocycles. The Labute approximate surface area is 121 Å². The minimum atomic E-state index is -0.996. The summed E-state index contributed by atoms with van der Waals surface area (Å²) < 4.78 is 1.39. The van der Waals surface area contributed by atoms with Crippen LogP contribution in [0.5, 0.6) is 0 Å². The van der Waals surface area contributed by atoms with Crippen LogP contribution in [-0.2, 0) is 4.79 Å². The van der Waals surface area contributed by atoms with E-state index < -0.39 is 12.0 Å². The third kappa shape index (κ3) is 3.22. The molecule has 0 amide bonds. The molecule has 2 aromatic rings. The molecule has 94 valence electrons. The molecule has 1 aromatic carbocycles. The number of benzene rings is 1. The van der Waals surface area contributed by atoms with Crippen molar-refractivity contribution in [2.24, 2.45) is 0 Å². The van der Waals surface area contributed by atoms with E-state index in [-0.39, 0.29) is 0 Å². The highest BCUT2D eigenvalue weighted by atomic mass is 79.9. The lowest BCUT2D eigenvalue weighted by atomic mass is 10.2. The number of halogens is 2. The van der Waals surface area contributed by atoms with Gasteiger partial charge in [0.1, 0.15) is 9.34 Å². The molecule has 0 fully saturated rings. The topological polar surface area (TPSA) is 62.2 Å². The summed E-state index contributed by atoms with van der Waals surface area (Å²) in [5.41, 5.74) is 0.705. The Morgan fingerprint density at radius 2 is 2.11 bits per heavy atom. The van der Waals surface area contributed by atoms with E-state index in [1.807, 2.05) is 12.1 Å². The van der Waals surface area contributed by atoms with Crippen molar-refractivity contribution in [3.63, 3.8) is 0 Å². The van der Waals surface area contributed by atoms with Gasteiger partial charge in [-0.3, -0.25) is 0 Å². The van der Waals surface area contributed by atoms with Crippen LogP contribution < -0.4 is 5.32 Å². The molecule has 0 aliphatic heterocycles. The van der Waals surface area contributed by atoms with Crippen molar-refractivity contribution in [1.82, 2.24) is 4.98 Å². The van der Waals surface area contributed by atoms with Crippen LogP contribution in [0.1, 0.15) is 11.0 Å². The van der Waals surface area contributed by atoms with Crippen molar-refractivity contribution in [1.29, 1.82) is 0 Å². The zero-order valence-corrected chi connectivity index (χ0v) is 12.1. The lowest BCUT2D eigenvalue weighted by Gasteiger charge is -2.13. The van der Waals surface area contributed by atoms with Crippen LogP contribution in [-0.4, -0.2) is 16.1 Å². The number of carbonyl (C=O) groups is 1. The second kappa shape index (κ2) is 5.69. The second-order valence-corrected chi connectivity index (χ2v) is 6.03. The number of rotatable bonds is 4. The Morgan fingerprint density at radius 3 is 2.61 bits per heavy atom. The quantitative estimate of drug-likeness (QED) is 0.883. The van der Waals surface area contributed by atoms with Crippen molar-refractivity contribution < 1.29 is 9.90 Å². The molecule has 2 rings (SSSR count). The molecule has 2 N–H and O–H groups in total. The first-order valence-corrected chi connectivity index (χ1v) is 6.91. The summed E-state index contributed by atoms with van der Waals surface area (Å²) in [6.45, 7) is 0. The summed E-state index contributed by atoms with van der Waals surface area (Å²) in [5, 5.41) is 12.5. The molecule has 7 heteroatoms. The third-order valence-corrected chi connectivity index (χ3v) is 3.85. The van der Waals surface area contributed by atoms with E-state index in [4.69, 9.17) is 11.6 Å². The molecule has 1 aromatic heterocycles. The monoisotopic (exact) mass is 346 g/mol. The van der Waals surface area contributed by atoms with Gasteiger partial charge < -0.3 is 10.4 Å². The summed E-state index contributed by atoms with van der Waals surface area (Å²) in [5.74, 6) is -0.996. The number of aromatic nitrogens is 1. The molecule has 0 spiro atoms. The maximum absolute atomic E-state index is 11.2. The van der Waals surface area contributed by atoms with E-state index in [1.54, 1.807) is 12.1 Å². The van der Waals surface area contributed by atoms with Gasteiger partial charge in [-0.05, 0) is 24.3 Å². The molecule has 0 saturated heterocycles. The van der Waals surface area contributed by atoms with Gasteiger partial charge in [0.05, 0.1) is 6.20 Å². The summed E-state index contributed by atoms with van der Waals surface area (Å²) in [4.78, 5) is 15.2. The predicted octanol–water partition coefficient (Wildman–Crippen LogP) is 3.80. The normalized spacial score (nSPS) is 12.1. The van der Waals surface area contributed by atoms with Gasteiger partial charge in [0.25, 0.3) is 0 Å². The molecular weight excluding hydrogens is 340 g/mol. The van der Waals surface area contributed by atoms with Crippen molar-refractivity contribution in [2.45, 2.75) is 6.04 Å². The molecule has 1 heterocycles. The van der Waals surface area contributed by atoms with Crippen LogP contribution in [0.2, 0.25) is 4.34 Å². The SMILES string of the molecule is O=C(O)C(Nc1ccc(Br)cc1)c1ncc(Cl)s1. The number of hydrogen-bond donors (Lipinski definition) is 2. The number of carboxylic acid groups (broad SMARTS) is 1. The molecule has 0 aliphatic carbocycles. The van der Waals surface area contributed by atoms with Crippen LogP contribution >= 0.6 is 38.9 Å². The van der Waals surface area contributed by atoms with Gasteiger partial charge >= 0.3 is 5.97 Å². The highest BCUT2D eigenvalue weighted by Gasteiger charge is 2.23. The van der Waals surface area contributed by atoms with E-state index in [0.717, 1.165) is 15.8 Å². The molecule has 0 radical (unpaired) electrons. The number of aliphatic carboxylic acids is 1. The van der Waals surface area contributed by atoms with Crippen LogP contribution in [0.3, 0.4) is 0 Å². The van der Waals surface area contributed by atoms with Gasteiger partial charge in [-0.25, -0.2) is 9.78 Å². The Kier molecular flexibility index (Phi) is 4.21. The van der Waals surface area contributed by atoms with E-state index in [1.165, 1.54) is 6.20 Å². The fourth-order valence-corrected chi connectivity index (χ4v) is 2.58. The molecule has 1 unspecified atom stereocenters. The Bertz CT molecular complexity index is 558. The van der Waals surface area contributed by atoms with Gasteiger partial charge in [-0.1, -0.05) is 27.5 Å². The Balaban J connectivity index is 2.22. The molecule has 0 aliphatic rings. The fraction of sp³-hybridized carbons (Fsp3) is 0.0909. The van der Waals surface area contributed by atoms with Crippen molar-refractivity contribution >= 4 is 50.5 Å². The average Bonchev–Trinajstić information content (AvgIpc) is 2.74. The lowest BCUT2D eigenvalue weighted by Crippen LogP contribution is -2.20. The predicted molar refractivity (Wildman–Crippen MR) is 75.3 cm³/mol. The van der Waals surface area contributed by atoms with Crippen LogP contribution in [0.4, 0.5) is 5.69 Å². The smallest absolute Gasteiger partial charge is 0.333 e. The van der Waals surface area contributed by atoms with E-state index in [0.29, 0.717) is 15.0 Å². The summed E-state index contributed by atoms with van der Waals surface area (Å²) in [7, 11) is 0. The van der Waals surface area contributed by atoms with Gasteiger partial charge in [0.15, 0.2) is 6.04 Å². The maximum Gasteiger partial charge on any atom is 0.333 e. The minimum absolute atomic E-state index is 0.426. The summed E-state index contributed by atoms with van der Waals surface area (Å²) in [6, 6.07) is 6.33. The Morgan fingerprint density at radius 1 is 1.44 bits per heavy atom. The summed E-state index contributed by atoms with van der Waals surface area (Å²) in [6.07, 6.45) is 1.45. The number of nitrogens with zero attached hydrogens (tertiary/aromatic N) is 1. The molecule has 0 bridgehead atoms. The largest absolute Gasteiger partial charge is 0.479 e. The zero-order chi connectivity index (χ0) is 13.1. The Hall–Kier alpha value is -1.11. The third-order valence-electron chi connectivity index (χ3n) is 2.14. The van der Waals surface area contributed by atoms with Crippen LogP contribution in [0.15, 0.2) is 34.9 Å². The number of thiazole rings is 1. The first-order chi connectivity index (χ1) is 8.56. The number of anilines is 1. The van der Waals surface area contributed by atoms with Gasteiger partial charge in [-0.2, -0.15) is 0 Å². The lowest BCUT2D eigenvalue weighted by molar-refractivity contribution is -0.138. The standard InChI is InChI=1S/C11H8BrClN2O2S/c12-6-1-3-7(4-2-6)15-9(11(16)17)10-14-5-8(13)18-10/h1-5,9,15H,(H,16,17). The number of nitrogens with one attached hydrogen (secondary N) is 1. The second-order valence-electron chi connectivity index (χ2n) is 3.43. The van der Waals surface area contributed by atoms with Gasteiger partial charge in [0.2, 0.25) is 0 Å². The average molecular weight is 348 g/mol. The fourth-order valence-electron chi connectivity index (χ4n) is 1.34. The summed E-state index contributed by atoms with van der Waals surface area (Å²) >= 11 is 10.2. The first kappa shape index (κ1) is 13.3. The molecule has 18 heavy (non-hydrogen) atoms. The minimum Gasteiger partial charge on any atom is -0.479 e. The van der Waals surface area contributed by atoms with Gasteiger partial charge in [0, 0.05) is 10.2 Å². The van der Waals surface area contributed by atoms with E-state index in [2.05, 4.69) is 26.2 Å². The van der Waals surface area contributed by atoms with Crippen molar-refractivity contribution in [3.8, 4) is 0 Å². The first-order valence-electron chi connectivity index (χ1n) is 4.92. The van der Waals surface area contributed by atoms with Crippen molar-refractivity contribution in [2.75, 3.05) is 5.32 Å². The van der Waals surface area contributed by atoms with E-state index >= 15 is 0 Å². The van der Waals surface area contributed by atoms with Gasteiger partial charge in [-0.15, -0.1) is 11.3 Å². The number of carboxylic acids is 1. The highest BCUT2D eigenvalue weighted by molar-refractivity contribution is 9.10. The van der Waals surface area contributed by atoms with E-state index in [9.17, 15) is 9.90 Å². The van der Waals surface area contributed by atoms with Crippen molar-refractivity contribution in [3.05, 3.63) is 44.3 Å². The maximum atomic E-state index is 11.2.